The topological polar surface area (TPSA) is 169 Å². The monoisotopic (exact) mass is 452 g/mol. The number of imidazole rings is 1. The van der Waals surface area contributed by atoms with Crippen LogP contribution in [0.15, 0.2) is 47.8 Å². The summed E-state index contributed by atoms with van der Waals surface area (Å²) < 4.78 is 24.1. The Kier molecular flexibility index (Phi) is 6.04. The van der Waals surface area contributed by atoms with Crippen LogP contribution in [0.4, 0.5) is 0 Å². The fraction of sp³-hybridized carbons (Fsp3) is 0.389. The first-order valence-electron chi connectivity index (χ1n) is 9.34. The number of aliphatic hydroxyl groups is 2. The van der Waals surface area contributed by atoms with E-state index in [4.69, 9.17) is 19.3 Å². The Hall–Kier alpha value is -2.44. The first-order valence-corrected chi connectivity index (χ1v) is 11.1. The summed E-state index contributed by atoms with van der Waals surface area (Å²) in [5.74, 6) is 0. The molecule has 31 heavy (non-hydrogen) atoms. The van der Waals surface area contributed by atoms with E-state index in [1.807, 2.05) is 30.3 Å². The number of benzene rings is 1. The average molecular weight is 452 g/mol. The second kappa shape index (κ2) is 8.60. The van der Waals surface area contributed by atoms with Gasteiger partial charge in [0.2, 0.25) is 0 Å². The van der Waals surface area contributed by atoms with Crippen molar-refractivity contribution in [1.82, 2.24) is 19.1 Å². The van der Waals surface area contributed by atoms with Gasteiger partial charge in [0.15, 0.2) is 17.4 Å². The molecule has 1 aliphatic heterocycles. The number of ether oxygens (including phenoxy) is 2. The highest BCUT2D eigenvalue weighted by Crippen LogP contribution is 2.35. The summed E-state index contributed by atoms with van der Waals surface area (Å²) >= 11 is 0. The maximum Gasteiger partial charge on any atom is 0.350 e. The van der Waals surface area contributed by atoms with Crippen molar-refractivity contribution in [2.45, 2.75) is 31.1 Å². The predicted molar refractivity (Wildman–Crippen MR) is 106 cm³/mol. The third-order valence-electron chi connectivity index (χ3n) is 4.90. The minimum Gasteiger partial charge on any atom is -0.387 e. The van der Waals surface area contributed by atoms with Crippen LogP contribution in [0.2, 0.25) is 0 Å². The molecule has 12 nitrogen and oxygen atoms in total. The number of aromatic nitrogens is 4. The van der Waals surface area contributed by atoms with E-state index in [9.17, 15) is 19.6 Å². The molecule has 1 fully saturated rings. The Morgan fingerprint density at radius 2 is 1.84 bits per heavy atom. The molecule has 1 aliphatic rings. The molecule has 3 heterocycles. The van der Waals surface area contributed by atoms with Crippen molar-refractivity contribution in [1.29, 1.82) is 0 Å². The van der Waals surface area contributed by atoms with E-state index in [-0.39, 0.29) is 23.3 Å². The third kappa shape index (κ3) is 4.60. The van der Waals surface area contributed by atoms with Crippen LogP contribution in [0.1, 0.15) is 11.8 Å². The van der Waals surface area contributed by atoms with Crippen LogP contribution in [0, 0.1) is 0 Å². The summed E-state index contributed by atoms with van der Waals surface area (Å²) in [7, 11) is -4.37. The Bertz CT molecular complexity index is 1160. The van der Waals surface area contributed by atoms with Gasteiger partial charge < -0.3 is 29.5 Å². The van der Waals surface area contributed by atoms with Crippen molar-refractivity contribution in [3.8, 4) is 0 Å². The lowest BCUT2D eigenvalue weighted by Gasteiger charge is -2.16. The first kappa shape index (κ1) is 21.8. The Morgan fingerprint density at radius 1 is 1.10 bits per heavy atom. The molecule has 0 radical (unpaired) electrons. The molecule has 2 aromatic heterocycles. The Labute approximate surface area is 175 Å². The molecular weight excluding hydrogens is 431 g/mol. The molecule has 3 aromatic rings. The lowest BCUT2D eigenvalue weighted by molar-refractivity contribution is -0.0612. The highest BCUT2D eigenvalue weighted by Gasteiger charge is 2.44. The van der Waals surface area contributed by atoms with Gasteiger partial charge in [0.25, 0.3) is 5.56 Å². The summed E-state index contributed by atoms with van der Waals surface area (Å²) in [6.45, 7) is -0.0283. The SMILES string of the molecule is O=c1c2ncn([C@@H]3O[C@H](COCP(=O)(O)O)[C@@H](O)[C@H]3O)c2ncn1Cc1ccccc1. The molecule has 0 amide bonds. The standard InChI is InChI=1S/C18H21N4O8P/c23-14-12(7-29-10-31(26,27)28)30-18(15(14)24)22-9-19-13-16(22)20-8-21(17(13)25)6-11-4-2-1-3-5-11/h1-5,8-9,12,14-15,18,23-24H,6-7,10H2,(H2,26,27,28)/t12-,14-,15-,18-/m1/s1. The summed E-state index contributed by atoms with van der Waals surface area (Å²) in [5.41, 5.74) is 0.787. The van der Waals surface area contributed by atoms with Crippen molar-refractivity contribution in [2.24, 2.45) is 0 Å². The zero-order valence-electron chi connectivity index (χ0n) is 16.1. The van der Waals surface area contributed by atoms with Gasteiger partial charge in [-0.25, -0.2) is 9.97 Å². The fourth-order valence-electron chi connectivity index (χ4n) is 3.41. The number of nitrogens with zero attached hydrogens (tertiary/aromatic N) is 4. The van der Waals surface area contributed by atoms with E-state index >= 15 is 0 Å². The molecule has 0 bridgehead atoms. The molecule has 4 atom stereocenters. The van der Waals surface area contributed by atoms with E-state index in [0.29, 0.717) is 6.54 Å². The van der Waals surface area contributed by atoms with Crippen molar-refractivity contribution < 1.29 is 34.0 Å². The van der Waals surface area contributed by atoms with Gasteiger partial charge in [-0.15, -0.1) is 0 Å². The number of rotatable bonds is 7. The molecule has 1 aromatic carbocycles. The predicted octanol–water partition coefficient (Wildman–Crippen LogP) is -0.588. The summed E-state index contributed by atoms with van der Waals surface area (Å²) in [5, 5.41) is 20.6. The zero-order valence-corrected chi connectivity index (χ0v) is 17.0. The molecular formula is C18H21N4O8P. The fourth-order valence-corrected chi connectivity index (χ4v) is 3.75. The van der Waals surface area contributed by atoms with Gasteiger partial charge in [-0.2, -0.15) is 0 Å². The van der Waals surface area contributed by atoms with Crippen LogP contribution in [0.25, 0.3) is 11.2 Å². The second-order valence-corrected chi connectivity index (χ2v) is 8.79. The van der Waals surface area contributed by atoms with Crippen LogP contribution < -0.4 is 5.56 Å². The molecule has 4 rings (SSSR count). The summed E-state index contributed by atoms with van der Waals surface area (Å²) in [6.07, 6.45) is -3.11. The van der Waals surface area contributed by atoms with Gasteiger partial charge in [-0.3, -0.25) is 18.5 Å². The molecule has 1 saturated heterocycles. The lowest BCUT2D eigenvalue weighted by Crippen LogP contribution is -2.34. The highest BCUT2D eigenvalue weighted by molar-refractivity contribution is 7.51. The molecule has 4 N–H and O–H groups in total. The first-order chi connectivity index (χ1) is 14.7. The van der Waals surface area contributed by atoms with E-state index in [0.717, 1.165) is 5.56 Å². The van der Waals surface area contributed by atoms with Crippen LogP contribution in [-0.4, -0.2) is 70.4 Å². The largest absolute Gasteiger partial charge is 0.387 e. The van der Waals surface area contributed by atoms with Gasteiger partial charge >= 0.3 is 7.60 Å². The van der Waals surface area contributed by atoms with Gasteiger partial charge in [0.1, 0.15) is 31.0 Å². The molecule has 0 spiro atoms. The smallest absolute Gasteiger partial charge is 0.350 e. The zero-order chi connectivity index (χ0) is 22.2. The van der Waals surface area contributed by atoms with E-state index in [1.54, 1.807) is 0 Å². The summed E-state index contributed by atoms with van der Waals surface area (Å²) in [4.78, 5) is 38.9. The number of fused-ring (bicyclic) bond motifs is 1. The van der Waals surface area contributed by atoms with Crippen molar-refractivity contribution in [3.63, 3.8) is 0 Å². The molecule has 0 saturated carbocycles. The Balaban J connectivity index is 1.55. The number of hydrogen-bond donors (Lipinski definition) is 4. The molecule has 13 heteroatoms. The quantitative estimate of drug-likeness (QED) is 0.340. The van der Waals surface area contributed by atoms with E-state index in [2.05, 4.69) is 9.97 Å². The van der Waals surface area contributed by atoms with Crippen LogP contribution in [0.5, 0.6) is 0 Å². The van der Waals surface area contributed by atoms with E-state index in [1.165, 1.54) is 21.8 Å². The molecule has 166 valence electrons. The minimum atomic E-state index is -4.37. The van der Waals surface area contributed by atoms with Crippen LogP contribution in [-0.2, 0) is 20.6 Å². The van der Waals surface area contributed by atoms with E-state index < -0.39 is 38.5 Å². The van der Waals surface area contributed by atoms with Crippen molar-refractivity contribution in [3.05, 3.63) is 58.9 Å². The molecule has 0 unspecified atom stereocenters. The van der Waals surface area contributed by atoms with Gasteiger partial charge in [0.05, 0.1) is 19.5 Å². The summed E-state index contributed by atoms with van der Waals surface area (Å²) in [6, 6.07) is 9.37. The van der Waals surface area contributed by atoms with Crippen LogP contribution in [0.3, 0.4) is 0 Å². The highest BCUT2D eigenvalue weighted by atomic mass is 31.2. The van der Waals surface area contributed by atoms with Gasteiger partial charge in [-0.05, 0) is 5.56 Å². The Morgan fingerprint density at radius 3 is 2.55 bits per heavy atom. The van der Waals surface area contributed by atoms with Crippen LogP contribution >= 0.6 is 7.60 Å². The second-order valence-electron chi connectivity index (χ2n) is 7.20. The third-order valence-corrected chi connectivity index (χ3v) is 5.42. The van der Waals surface area contributed by atoms with Gasteiger partial charge in [0, 0.05) is 0 Å². The normalized spacial score (nSPS) is 24.1. The number of aliphatic hydroxyl groups excluding tert-OH is 2. The number of hydrogen-bond acceptors (Lipinski definition) is 8. The molecule has 0 aliphatic carbocycles. The van der Waals surface area contributed by atoms with Crippen molar-refractivity contribution >= 4 is 18.8 Å². The minimum absolute atomic E-state index is 0.0740. The lowest BCUT2D eigenvalue weighted by atomic mass is 10.1. The maximum atomic E-state index is 12.8. The maximum absolute atomic E-state index is 12.8. The van der Waals surface area contributed by atoms with Gasteiger partial charge in [-0.1, -0.05) is 30.3 Å². The van der Waals surface area contributed by atoms with Crippen molar-refractivity contribution in [2.75, 3.05) is 13.0 Å². The average Bonchev–Trinajstić information content (AvgIpc) is 3.27.